The van der Waals surface area contributed by atoms with Crippen molar-refractivity contribution in [2.24, 2.45) is 11.7 Å². The summed E-state index contributed by atoms with van der Waals surface area (Å²) in [6.45, 7) is 3.54. The quantitative estimate of drug-likeness (QED) is 0.686. The van der Waals surface area contributed by atoms with E-state index in [1.807, 2.05) is 0 Å². The summed E-state index contributed by atoms with van der Waals surface area (Å²) in [7, 11) is 1.25. The Morgan fingerprint density at radius 2 is 1.85 bits per heavy atom. The van der Waals surface area contributed by atoms with Gasteiger partial charge in [-0.3, -0.25) is 9.59 Å². The number of methoxy groups -OCH3 is 1. The van der Waals surface area contributed by atoms with E-state index < -0.39 is 12.0 Å². The van der Waals surface area contributed by atoms with E-state index in [4.69, 9.17) is 5.73 Å². The fourth-order valence-corrected chi connectivity index (χ4v) is 0.687. The number of esters is 1. The predicted molar refractivity (Wildman–Crippen MR) is 51.7 cm³/mol. The SMILES string of the molecule is COC(=O)C(N)CC(=O)C(C)C.Cl. The van der Waals surface area contributed by atoms with Crippen molar-refractivity contribution in [1.82, 2.24) is 0 Å². The molecule has 0 spiro atoms. The van der Waals surface area contributed by atoms with Gasteiger partial charge >= 0.3 is 5.97 Å². The van der Waals surface area contributed by atoms with Crippen molar-refractivity contribution < 1.29 is 14.3 Å². The van der Waals surface area contributed by atoms with E-state index >= 15 is 0 Å². The number of rotatable bonds is 4. The third kappa shape index (κ3) is 5.60. The Morgan fingerprint density at radius 3 is 2.15 bits per heavy atom. The molecule has 2 N–H and O–H groups in total. The molecular formula is C8H16ClNO3. The summed E-state index contributed by atoms with van der Waals surface area (Å²) in [6.07, 6.45) is 0.0599. The second-order valence-corrected chi connectivity index (χ2v) is 2.95. The van der Waals surface area contributed by atoms with Gasteiger partial charge in [-0.15, -0.1) is 12.4 Å². The van der Waals surface area contributed by atoms with E-state index in [1.54, 1.807) is 13.8 Å². The summed E-state index contributed by atoms with van der Waals surface area (Å²) >= 11 is 0. The molecule has 0 aromatic carbocycles. The minimum absolute atomic E-state index is 0. The lowest BCUT2D eigenvalue weighted by atomic mass is 10.0. The second kappa shape index (κ2) is 6.86. The fourth-order valence-electron chi connectivity index (χ4n) is 0.687. The van der Waals surface area contributed by atoms with Gasteiger partial charge in [0.25, 0.3) is 0 Å². The molecule has 0 rings (SSSR count). The molecule has 0 saturated carbocycles. The molecule has 78 valence electrons. The van der Waals surface area contributed by atoms with Crippen LogP contribution in [0.25, 0.3) is 0 Å². The maximum atomic E-state index is 11.1. The Hall–Kier alpha value is -0.610. The Kier molecular flexibility index (Phi) is 7.85. The topological polar surface area (TPSA) is 69.4 Å². The summed E-state index contributed by atoms with van der Waals surface area (Å²) in [5.41, 5.74) is 5.37. The number of Topliss-reactive ketones (excluding diaryl/α,β-unsaturated/α-hetero) is 1. The van der Waals surface area contributed by atoms with Crippen LogP contribution in [0.5, 0.6) is 0 Å². The summed E-state index contributed by atoms with van der Waals surface area (Å²) in [4.78, 5) is 21.9. The van der Waals surface area contributed by atoms with Crippen molar-refractivity contribution >= 4 is 24.2 Å². The lowest BCUT2D eigenvalue weighted by Gasteiger charge is -2.09. The zero-order valence-electron chi connectivity index (χ0n) is 8.07. The predicted octanol–water partition coefficient (Wildman–Crippen LogP) is 0.524. The maximum Gasteiger partial charge on any atom is 0.323 e. The van der Waals surface area contributed by atoms with Crippen LogP contribution in [0.15, 0.2) is 0 Å². The van der Waals surface area contributed by atoms with Crippen molar-refractivity contribution in [2.75, 3.05) is 7.11 Å². The van der Waals surface area contributed by atoms with Crippen LogP contribution in [-0.2, 0) is 14.3 Å². The molecule has 0 aromatic heterocycles. The van der Waals surface area contributed by atoms with Crippen LogP contribution in [0.1, 0.15) is 20.3 Å². The van der Waals surface area contributed by atoms with Crippen molar-refractivity contribution in [3.05, 3.63) is 0 Å². The highest BCUT2D eigenvalue weighted by atomic mass is 35.5. The van der Waals surface area contributed by atoms with Crippen molar-refractivity contribution in [2.45, 2.75) is 26.3 Å². The first-order valence-electron chi connectivity index (χ1n) is 3.85. The van der Waals surface area contributed by atoms with Gasteiger partial charge < -0.3 is 10.5 Å². The number of nitrogens with two attached hydrogens (primary N) is 1. The normalized spacial score (nSPS) is 11.8. The number of ether oxygens (including phenoxy) is 1. The van der Waals surface area contributed by atoms with Crippen LogP contribution in [0.3, 0.4) is 0 Å². The number of ketones is 1. The number of carbonyl (C=O) groups is 2. The summed E-state index contributed by atoms with van der Waals surface area (Å²) in [5, 5.41) is 0. The molecule has 0 amide bonds. The maximum absolute atomic E-state index is 11.1. The van der Waals surface area contributed by atoms with E-state index in [0.717, 1.165) is 0 Å². The lowest BCUT2D eigenvalue weighted by Crippen LogP contribution is -2.34. The monoisotopic (exact) mass is 209 g/mol. The second-order valence-electron chi connectivity index (χ2n) is 2.95. The van der Waals surface area contributed by atoms with Gasteiger partial charge in [-0.1, -0.05) is 13.8 Å². The van der Waals surface area contributed by atoms with Crippen molar-refractivity contribution in [3.8, 4) is 0 Å². The number of carbonyl (C=O) groups excluding carboxylic acids is 2. The zero-order chi connectivity index (χ0) is 9.72. The van der Waals surface area contributed by atoms with E-state index in [2.05, 4.69) is 4.74 Å². The molecule has 0 aliphatic heterocycles. The number of hydrogen-bond donors (Lipinski definition) is 1. The molecule has 0 aliphatic rings. The van der Waals surface area contributed by atoms with E-state index in [0.29, 0.717) is 0 Å². The zero-order valence-corrected chi connectivity index (χ0v) is 8.89. The Bertz CT molecular complexity index is 182. The van der Waals surface area contributed by atoms with Gasteiger partial charge in [-0.05, 0) is 0 Å². The first-order valence-corrected chi connectivity index (χ1v) is 3.85. The minimum Gasteiger partial charge on any atom is -0.468 e. The largest absolute Gasteiger partial charge is 0.468 e. The van der Waals surface area contributed by atoms with Gasteiger partial charge in [-0.2, -0.15) is 0 Å². The molecular weight excluding hydrogens is 194 g/mol. The highest BCUT2D eigenvalue weighted by molar-refractivity contribution is 5.87. The average Bonchev–Trinajstić information content (AvgIpc) is 2.02. The third-order valence-corrected chi connectivity index (χ3v) is 1.57. The molecule has 1 atom stereocenters. The van der Waals surface area contributed by atoms with Gasteiger partial charge in [0.15, 0.2) is 0 Å². The Morgan fingerprint density at radius 1 is 1.38 bits per heavy atom. The van der Waals surface area contributed by atoms with Crippen molar-refractivity contribution in [1.29, 1.82) is 0 Å². The molecule has 1 unspecified atom stereocenters. The van der Waals surface area contributed by atoms with Crippen LogP contribution in [0.4, 0.5) is 0 Å². The summed E-state index contributed by atoms with van der Waals surface area (Å²) < 4.78 is 4.38. The van der Waals surface area contributed by atoms with E-state index in [1.165, 1.54) is 7.11 Å². The molecule has 5 heteroatoms. The molecule has 0 aliphatic carbocycles. The minimum atomic E-state index is -0.815. The molecule has 0 heterocycles. The highest BCUT2D eigenvalue weighted by Gasteiger charge is 2.19. The average molecular weight is 210 g/mol. The van der Waals surface area contributed by atoms with Gasteiger partial charge in [0.05, 0.1) is 7.11 Å². The molecule has 0 aromatic rings. The van der Waals surface area contributed by atoms with Crippen LogP contribution in [0.2, 0.25) is 0 Å². The Balaban J connectivity index is 0. The highest BCUT2D eigenvalue weighted by Crippen LogP contribution is 2.01. The lowest BCUT2D eigenvalue weighted by molar-refractivity contribution is -0.143. The number of hydrogen-bond acceptors (Lipinski definition) is 4. The van der Waals surface area contributed by atoms with Gasteiger partial charge in [0.2, 0.25) is 0 Å². The molecule has 4 nitrogen and oxygen atoms in total. The van der Waals surface area contributed by atoms with E-state index in [-0.39, 0.29) is 30.5 Å². The molecule has 0 bridgehead atoms. The van der Waals surface area contributed by atoms with Gasteiger partial charge in [0.1, 0.15) is 11.8 Å². The van der Waals surface area contributed by atoms with Crippen LogP contribution >= 0.6 is 12.4 Å². The standard InChI is InChI=1S/C8H15NO3.ClH/c1-5(2)7(10)4-6(9)8(11)12-3;/h5-6H,4,9H2,1-3H3;1H. The molecule has 13 heavy (non-hydrogen) atoms. The van der Waals surface area contributed by atoms with Crippen molar-refractivity contribution in [3.63, 3.8) is 0 Å². The molecule has 0 radical (unpaired) electrons. The first-order chi connectivity index (χ1) is 5.49. The smallest absolute Gasteiger partial charge is 0.323 e. The van der Waals surface area contributed by atoms with Gasteiger partial charge in [-0.25, -0.2) is 0 Å². The molecule has 0 saturated heterocycles. The fraction of sp³-hybridized carbons (Fsp3) is 0.750. The number of halogens is 1. The molecule has 0 fully saturated rings. The first kappa shape index (κ1) is 14.9. The van der Waals surface area contributed by atoms with Crippen LogP contribution in [0, 0.1) is 5.92 Å². The third-order valence-electron chi connectivity index (χ3n) is 1.57. The van der Waals surface area contributed by atoms with E-state index in [9.17, 15) is 9.59 Å². The Labute approximate surface area is 84.2 Å². The summed E-state index contributed by atoms with van der Waals surface area (Å²) in [6, 6.07) is -0.815. The summed E-state index contributed by atoms with van der Waals surface area (Å²) in [5.74, 6) is -0.641. The van der Waals surface area contributed by atoms with Crippen LogP contribution < -0.4 is 5.73 Å². The van der Waals surface area contributed by atoms with Gasteiger partial charge in [0, 0.05) is 12.3 Å². The van der Waals surface area contributed by atoms with Crippen LogP contribution in [-0.4, -0.2) is 24.9 Å².